The maximum Gasteiger partial charge on any atom is 0.144 e. The number of aryl methyl sites for hydroxylation is 3. The molecule has 0 aliphatic heterocycles. The summed E-state index contributed by atoms with van der Waals surface area (Å²) >= 11 is 0. The molecular formula is C37H33NO. The zero-order valence-corrected chi connectivity index (χ0v) is 21.3. The highest BCUT2D eigenvalue weighted by atomic mass is 16.3. The van der Waals surface area contributed by atoms with Gasteiger partial charge in [0.25, 0.3) is 0 Å². The number of para-hydroxylation sites is 2. The molecule has 0 radical (unpaired) electrons. The van der Waals surface area contributed by atoms with E-state index in [4.69, 9.17) is 18.1 Å². The van der Waals surface area contributed by atoms with E-state index in [9.17, 15) is 0 Å². The zero-order chi connectivity index (χ0) is 34.9. The molecule has 2 heteroatoms. The molecule has 1 saturated carbocycles. The van der Waals surface area contributed by atoms with E-state index in [0.29, 0.717) is 28.0 Å². The van der Waals surface area contributed by atoms with Crippen LogP contribution < -0.4 is 0 Å². The summed E-state index contributed by atoms with van der Waals surface area (Å²) in [4.78, 5) is 4.51. The second kappa shape index (κ2) is 9.54. The quantitative estimate of drug-likeness (QED) is 0.232. The van der Waals surface area contributed by atoms with Gasteiger partial charge < -0.3 is 4.42 Å². The highest BCUT2D eigenvalue weighted by Crippen LogP contribution is 2.39. The van der Waals surface area contributed by atoms with E-state index >= 15 is 0 Å². The molecule has 1 aliphatic rings. The van der Waals surface area contributed by atoms with E-state index in [0.717, 1.165) is 42.0 Å². The van der Waals surface area contributed by atoms with Crippen molar-refractivity contribution in [1.82, 2.24) is 4.98 Å². The largest absolute Gasteiger partial charge is 0.455 e. The van der Waals surface area contributed by atoms with Crippen LogP contribution in [0.2, 0.25) is 0 Å². The highest BCUT2D eigenvalue weighted by Gasteiger charge is 2.18. The number of fused-ring (bicyclic) bond motifs is 3. The molecule has 192 valence electrons. The SMILES string of the molecule is [2H]C([2H])([2H])c1cc(-c2cc(-c3cccc4c3oc3ccccc34)ncc2C([2H])([2H])[2H])c(C([2H])([2H])[2H])cc1-c1ccc(C2([2H])CCCC2)cc1. The highest BCUT2D eigenvalue weighted by molar-refractivity contribution is 6.09. The number of hydrogen-bond donors (Lipinski definition) is 0. The van der Waals surface area contributed by atoms with Gasteiger partial charge in [0, 0.05) is 36.2 Å². The molecule has 0 saturated heterocycles. The van der Waals surface area contributed by atoms with Crippen molar-refractivity contribution in [3.8, 4) is 33.5 Å². The lowest BCUT2D eigenvalue weighted by molar-refractivity contribution is 0.670. The number of nitrogens with zero attached hydrogens (tertiary/aromatic N) is 1. The number of benzene rings is 4. The normalized spacial score (nSPS) is 19.6. The van der Waals surface area contributed by atoms with Gasteiger partial charge in [-0.3, -0.25) is 4.98 Å². The van der Waals surface area contributed by atoms with Crippen LogP contribution >= 0.6 is 0 Å². The van der Waals surface area contributed by atoms with E-state index in [1.165, 1.54) is 24.4 Å². The van der Waals surface area contributed by atoms with Crippen molar-refractivity contribution in [2.75, 3.05) is 0 Å². The average molecular weight is 518 g/mol. The summed E-state index contributed by atoms with van der Waals surface area (Å²) in [6.45, 7) is -8.10. The predicted octanol–water partition coefficient (Wildman–Crippen LogP) is 10.6. The standard InChI is InChI=1S/C37H33NO/c1-23-20-33(24(2)19-32(23)28-17-15-27(16-18-28)26-9-4-5-10-26)34-21-35(38-22-25(34)3)31-13-8-12-30-29-11-6-7-14-36(29)39-37(30)31/h6-8,11-22,26H,4-5,9-10H2,1-3H3/i1D3,2D3,3D3,26D. The third kappa shape index (κ3) is 4.15. The van der Waals surface area contributed by atoms with Gasteiger partial charge in [0.05, 0.1) is 5.69 Å². The van der Waals surface area contributed by atoms with Crippen LogP contribution in [-0.4, -0.2) is 4.98 Å². The third-order valence-electron chi connectivity index (χ3n) is 7.84. The first-order valence-electron chi connectivity index (χ1n) is 18.3. The fourth-order valence-electron chi connectivity index (χ4n) is 5.81. The fourth-order valence-corrected chi connectivity index (χ4v) is 5.81. The fraction of sp³-hybridized carbons (Fsp3) is 0.216. The molecule has 0 spiro atoms. The van der Waals surface area contributed by atoms with Crippen molar-refractivity contribution in [1.29, 1.82) is 0 Å². The maximum atomic E-state index is 8.88. The van der Waals surface area contributed by atoms with Crippen molar-refractivity contribution < 1.29 is 18.1 Å². The van der Waals surface area contributed by atoms with Crippen LogP contribution in [0, 0.1) is 20.6 Å². The van der Waals surface area contributed by atoms with Crippen molar-refractivity contribution in [2.45, 2.75) is 52.1 Å². The number of hydrogen-bond acceptors (Lipinski definition) is 2. The molecule has 2 nitrogen and oxygen atoms in total. The van der Waals surface area contributed by atoms with Crippen LogP contribution in [0.25, 0.3) is 55.4 Å². The second-order valence-corrected chi connectivity index (χ2v) is 10.2. The van der Waals surface area contributed by atoms with E-state index in [-0.39, 0.29) is 33.4 Å². The van der Waals surface area contributed by atoms with Crippen molar-refractivity contribution >= 4 is 21.9 Å². The number of rotatable bonds is 4. The topological polar surface area (TPSA) is 26.0 Å². The van der Waals surface area contributed by atoms with Gasteiger partial charge in [-0.05, 0) is 102 Å². The molecule has 6 aromatic rings. The second-order valence-electron chi connectivity index (χ2n) is 10.2. The predicted molar refractivity (Wildman–Crippen MR) is 163 cm³/mol. The smallest absolute Gasteiger partial charge is 0.144 e. The summed E-state index contributed by atoms with van der Waals surface area (Å²) in [6.07, 6.45) is 4.65. The molecule has 0 unspecified atom stereocenters. The number of aromatic nitrogens is 1. The molecule has 7 rings (SSSR count). The summed E-state index contributed by atoms with van der Waals surface area (Å²) in [5, 5.41) is 1.74. The molecule has 39 heavy (non-hydrogen) atoms. The Bertz CT molecular complexity index is 2200. The summed E-state index contributed by atoms with van der Waals surface area (Å²) in [7, 11) is 0. The van der Waals surface area contributed by atoms with Crippen molar-refractivity contribution in [3.63, 3.8) is 0 Å². The van der Waals surface area contributed by atoms with Gasteiger partial charge in [0.1, 0.15) is 11.2 Å². The van der Waals surface area contributed by atoms with E-state index in [1.807, 2.05) is 48.5 Å². The molecule has 1 aliphatic carbocycles. The summed E-state index contributed by atoms with van der Waals surface area (Å²) in [5.74, 6) is -0.698. The molecular weight excluding hydrogens is 474 g/mol. The molecule has 2 aromatic heterocycles. The van der Waals surface area contributed by atoms with Gasteiger partial charge in [-0.2, -0.15) is 0 Å². The molecule has 2 heterocycles. The van der Waals surface area contributed by atoms with E-state index in [2.05, 4.69) is 4.98 Å². The Kier molecular flexibility index (Phi) is 3.77. The van der Waals surface area contributed by atoms with Gasteiger partial charge in [-0.1, -0.05) is 79.6 Å². The van der Waals surface area contributed by atoms with Crippen LogP contribution in [0.4, 0.5) is 0 Å². The van der Waals surface area contributed by atoms with Crippen molar-refractivity contribution in [3.05, 3.63) is 113 Å². The summed E-state index contributed by atoms with van der Waals surface area (Å²) < 4.78 is 91.1. The Morgan fingerprint density at radius 1 is 0.718 bits per heavy atom. The third-order valence-corrected chi connectivity index (χ3v) is 7.84. The Balaban J connectivity index is 1.46. The van der Waals surface area contributed by atoms with Gasteiger partial charge in [0.15, 0.2) is 0 Å². The average Bonchev–Trinajstić information content (AvgIpc) is 3.67. The Labute approximate surface area is 244 Å². The minimum absolute atomic E-state index is 0.0193. The Morgan fingerprint density at radius 3 is 2.26 bits per heavy atom. The van der Waals surface area contributed by atoms with Gasteiger partial charge in [-0.15, -0.1) is 0 Å². The minimum Gasteiger partial charge on any atom is -0.455 e. The molecule has 4 aromatic carbocycles. The summed E-state index contributed by atoms with van der Waals surface area (Å²) in [6, 6.07) is 24.4. The number of furan rings is 1. The van der Waals surface area contributed by atoms with Gasteiger partial charge in [0.2, 0.25) is 0 Å². The first kappa shape index (κ1) is 15.4. The first-order valence-corrected chi connectivity index (χ1v) is 13.3. The van der Waals surface area contributed by atoms with E-state index < -0.39 is 26.4 Å². The molecule has 1 fully saturated rings. The number of pyridine rings is 1. The molecule has 0 N–H and O–H groups in total. The van der Waals surface area contributed by atoms with Gasteiger partial charge >= 0.3 is 0 Å². The van der Waals surface area contributed by atoms with Crippen LogP contribution in [0.15, 0.2) is 95.5 Å². The van der Waals surface area contributed by atoms with Crippen LogP contribution in [0.3, 0.4) is 0 Å². The van der Waals surface area contributed by atoms with Gasteiger partial charge in [-0.25, -0.2) is 0 Å². The van der Waals surface area contributed by atoms with Crippen molar-refractivity contribution in [2.24, 2.45) is 0 Å². The monoisotopic (exact) mass is 517 g/mol. The van der Waals surface area contributed by atoms with Crippen LogP contribution in [0.1, 0.15) is 67.5 Å². The zero-order valence-electron chi connectivity index (χ0n) is 31.3. The maximum absolute atomic E-state index is 8.88. The minimum atomic E-state index is -2.74. The lowest BCUT2D eigenvalue weighted by atomic mass is 9.89. The Hall–Kier alpha value is -4.17. The van der Waals surface area contributed by atoms with E-state index in [1.54, 1.807) is 18.2 Å². The lowest BCUT2D eigenvalue weighted by Crippen LogP contribution is -1.95. The lowest BCUT2D eigenvalue weighted by Gasteiger charge is -2.16. The van der Waals surface area contributed by atoms with Crippen LogP contribution in [-0.2, 0) is 0 Å². The molecule has 0 atom stereocenters. The molecule has 0 bridgehead atoms. The Morgan fingerprint density at radius 2 is 1.44 bits per heavy atom. The molecule has 0 amide bonds. The van der Waals surface area contributed by atoms with Crippen LogP contribution in [0.5, 0.6) is 0 Å². The first-order chi connectivity index (χ1) is 23.0. The summed E-state index contributed by atoms with van der Waals surface area (Å²) in [5.41, 5.74) is 3.20.